The number of carbonyl (C=O) groups is 1. The number of likely N-dealkylation sites (N-methyl/N-ethyl adjacent to an activating group) is 2. The van der Waals surface area contributed by atoms with Gasteiger partial charge in [-0.05, 0) is 30.7 Å². The third-order valence-corrected chi connectivity index (χ3v) is 6.74. The van der Waals surface area contributed by atoms with Gasteiger partial charge >= 0.3 is 0 Å². The van der Waals surface area contributed by atoms with Gasteiger partial charge in [0, 0.05) is 36.3 Å². The number of thiocarbonyl (C=S) groups is 1. The van der Waals surface area contributed by atoms with E-state index < -0.39 is 0 Å². The molecule has 0 aliphatic carbocycles. The summed E-state index contributed by atoms with van der Waals surface area (Å²) in [5, 5.41) is 1.13. The Morgan fingerprint density at radius 1 is 1.26 bits per heavy atom. The van der Waals surface area contributed by atoms with Crippen LogP contribution >= 0.6 is 24.0 Å². The summed E-state index contributed by atoms with van der Waals surface area (Å²) in [6, 6.07) is 8.36. The highest BCUT2D eigenvalue weighted by molar-refractivity contribution is 8.26. The van der Waals surface area contributed by atoms with Crippen LogP contribution in [0.25, 0.3) is 10.9 Å². The van der Waals surface area contributed by atoms with Crippen LogP contribution in [-0.2, 0) is 10.2 Å². The van der Waals surface area contributed by atoms with Crippen LogP contribution in [0, 0.1) is 0 Å². The molecule has 0 bridgehead atoms. The van der Waals surface area contributed by atoms with Crippen LogP contribution < -0.4 is 4.90 Å². The SMILES string of the molecule is CCN1C(=O)/C(=C/C=C2\N(C)c3c(ccc4cccnc34)C2(C)C)SC1=S. The number of carbonyl (C=O) groups excluding carboxylic acids is 1. The maximum Gasteiger partial charge on any atom is 0.266 e. The van der Waals surface area contributed by atoms with E-state index in [-0.39, 0.29) is 11.3 Å². The number of pyridine rings is 1. The lowest BCUT2D eigenvalue weighted by Crippen LogP contribution is -2.27. The van der Waals surface area contributed by atoms with Crippen molar-refractivity contribution in [1.82, 2.24) is 9.88 Å². The Labute approximate surface area is 168 Å². The number of hydrogen-bond donors (Lipinski definition) is 0. The first-order valence-electron chi connectivity index (χ1n) is 8.94. The van der Waals surface area contributed by atoms with Crippen molar-refractivity contribution in [3.63, 3.8) is 0 Å². The van der Waals surface area contributed by atoms with Gasteiger partial charge in [0.05, 0.1) is 16.1 Å². The highest BCUT2D eigenvalue weighted by Crippen LogP contribution is 2.49. The number of benzene rings is 1. The predicted molar refractivity (Wildman–Crippen MR) is 117 cm³/mol. The molecule has 0 N–H and O–H groups in total. The molecule has 0 saturated carbocycles. The first kappa shape index (κ1) is 18.2. The lowest BCUT2D eigenvalue weighted by Gasteiger charge is -2.23. The summed E-state index contributed by atoms with van der Waals surface area (Å²) < 4.78 is 0.629. The summed E-state index contributed by atoms with van der Waals surface area (Å²) in [4.78, 5) is 21.6. The van der Waals surface area contributed by atoms with Gasteiger partial charge in [-0.25, -0.2) is 0 Å². The van der Waals surface area contributed by atoms with Crippen molar-refractivity contribution in [3.8, 4) is 0 Å². The van der Waals surface area contributed by atoms with Crippen LogP contribution in [0.4, 0.5) is 5.69 Å². The molecule has 4 nitrogen and oxygen atoms in total. The minimum Gasteiger partial charge on any atom is -0.345 e. The van der Waals surface area contributed by atoms with E-state index in [1.165, 1.54) is 17.3 Å². The number of rotatable bonds is 2. The molecule has 2 aliphatic heterocycles. The fraction of sp³-hybridized carbons (Fsp3) is 0.286. The zero-order chi connectivity index (χ0) is 19.3. The number of allylic oxidation sites excluding steroid dienone is 3. The van der Waals surface area contributed by atoms with Gasteiger partial charge in [0.25, 0.3) is 5.91 Å². The fourth-order valence-corrected chi connectivity index (χ4v) is 5.24. The van der Waals surface area contributed by atoms with E-state index in [4.69, 9.17) is 12.2 Å². The Balaban J connectivity index is 1.80. The van der Waals surface area contributed by atoms with Crippen LogP contribution in [0.5, 0.6) is 0 Å². The second kappa shape index (κ2) is 6.46. The van der Waals surface area contributed by atoms with Crippen LogP contribution in [0.1, 0.15) is 26.3 Å². The zero-order valence-corrected chi connectivity index (χ0v) is 17.4. The summed E-state index contributed by atoms with van der Waals surface area (Å²) in [5.74, 6) is -0.00700. The smallest absolute Gasteiger partial charge is 0.266 e. The van der Waals surface area contributed by atoms with Crippen molar-refractivity contribution in [1.29, 1.82) is 0 Å². The molecule has 2 aromatic rings. The Morgan fingerprint density at radius 3 is 2.74 bits per heavy atom. The van der Waals surface area contributed by atoms with Gasteiger partial charge in [-0.2, -0.15) is 0 Å². The lowest BCUT2D eigenvalue weighted by molar-refractivity contribution is -0.122. The Hall–Kier alpha value is -2.18. The van der Waals surface area contributed by atoms with Gasteiger partial charge in [-0.3, -0.25) is 14.7 Å². The molecule has 1 aromatic carbocycles. The molecule has 1 amide bonds. The number of hydrogen-bond acceptors (Lipinski definition) is 5. The van der Waals surface area contributed by atoms with Crippen molar-refractivity contribution >= 4 is 50.8 Å². The summed E-state index contributed by atoms with van der Waals surface area (Å²) in [6.45, 7) is 6.96. The normalized spacial score (nSPS) is 21.8. The molecular weight excluding hydrogens is 374 g/mol. The van der Waals surface area contributed by atoms with Crippen LogP contribution in [0.3, 0.4) is 0 Å². The van der Waals surface area contributed by atoms with E-state index in [0.29, 0.717) is 15.8 Å². The highest BCUT2D eigenvalue weighted by Gasteiger charge is 2.40. The minimum atomic E-state index is -0.176. The monoisotopic (exact) mass is 395 g/mol. The van der Waals surface area contributed by atoms with Gasteiger partial charge in [0.2, 0.25) is 0 Å². The van der Waals surface area contributed by atoms with Crippen molar-refractivity contribution in [2.75, 3.05) is 18.5 Å². The Morgan fingerprint density at radius 2 is 2.04 bits per heavy atom. The third kappa shape index (κ3) is 2.70. The van der Waals surface area contributed by atoms with Crippen molar-refractivity contribution in [2.45, 2.75) is 26.2 Å². The number of thioether (sulfide) groups is 1. The topological polar surface area (TPSA) is 36.4 Å². The molecule has 138 valence electrons. The first-order chi connectivity index (χ1) is 12.9. The summed E-state index contributed by atoms with van der Waals surface area (Å²) in [6.07, 6.45) is 5.79. The molecule has 0 atom stereocenters. The number of aromatic nitrogens is 1. The Bertz CT molecular complexity index is 1040. The van der Waals surface area contributed by atoms with E-state index in [9.17, 15) is 4.79 Å². The number of anilines is 1. The molecule has 27 heavy (non-hydrogen) atoms. The number of amides is 1. The van der Waals surface area contributed by atoms with Crippen molar-refractivity contribution in [3.05, 3.63) is 58.8 Å². The number of nitrogens with zero attached hydrogens (tertiary/aromatic N) is 3. The van der Waals surface area contributed by atoms with Gasteiger partial charge < -0.3 is 4.90 Å². The molecule has 3 heterocycles. The molecule has 1 aromatic heterocycles. The van der Waals surface area contributed by atoms with Crippen LogP contribution in [0.2, 0.25) is 0 Å². The average molecular weight is 396 g/mol. The van der Waals surface area contributed by atoms with Crippen LogP contribution in [0.15, 0.2) is 53.2 Å². The predicted octanol–water partition coefficient (Wildman–Crippen LogP) is 4.61. The summed E-state index contributed by atoms with van der Waals surface area (Å²) in [5.41, 5.74) is 4.35. The third-order valence-electron chi connectivity index (χ3n) is 5.34. The van der Waals surface area contributed by atoms with Crippen molar-refractivity contribution in [2.24, 2.45) is 0 Å². The highest BCUT2D eigenvalue weighted by atomic mass is 32.2. The largest absolute Gasteiger partial charge is 0.345 e. The quantitative estimate of drug-likeness (QED) is 0.548. The van der Waals surface area contributed by atoms with Crippen molar-refractivity contribution < 1.29 is 4.79 Å². The molecule has 0 radical (unpaired) electrons. The van der Waals surface area contributed by atoms with Gasteiger partial charge in [-0.1, -0.05) is 56.0 Å². The molecule has 1 fully saturated rings. The van der Waals surface area contributed by atoms with E-state index in [0.717, 1.165) is 22.3 Å². The summed E-state index contributed by atoms with van der Waals surface area (Å²) >= 11 is 6.68. The maximum absolute atomic E-state index is 12.5. The number of fused-ring (bicyclic) bond motifs is 3. The minimum absolute atomic E-state index is 0.00700. The average Bonchev–Trinajstić information content (AvgIpc) is 3.03. The fourth-order valence-electron chi connectivity index (χ4n) is 3.91. The molecule has 6 heteroatoms. The molecular formula is C21H21N3OS2. The van der Waals surface area contributed by atoms with Gasteiger partial charge in [0.15, 0.2) is 0 Å². The molecule has 4 rings (SSSR count). The van der Waals surface area contributed by atoms with E-state index in [2.05, 4.69) is 55.1 Å². The molecule has 2 aliphatic rings. The first-order valence-corrected chi connectivity index (χ1v) is 10.2. The van der Waals surface area contributed by atoms with E-state index in [1.807, 2.05) is 25.3 Å². The van der Waals surface area contributed by atoms with E-state index in [1.54, 1.807) is 4.90 Å². The zero-order valence-electron chi connectivity index (χ0n) is 15.8. The molecule has 1 saturated heterocycles. The maximum atomic E-state index is 12.5. The van der Waals surface area contributed by atoms with Gasteiger partial charge in [-0.15, -0.1) is 0 Å². The second-order valence-electron chi connectivity index (χ2n) is 7.22. The second-order valence-corrected chi connectivity index (χ2v) is 8.90. The summed E-state index contributed by atoms with van der Waals surface area (Å²) in [7, 11) is 2.07. The lowest BCUT2D eigenvalue weighted by atomic mass is 9.83. The molecule has 0 unspecified atom stereocenters. The van der Waals surface area contributed by atoms with E-state index >= 15 is 0 Å². The van der Waals surface area contributed by atoms with Crippen LogP contribution in [-0.4, -0.2) is 33.7 Å². The Kier molecular flexibility index (Phi) is 4.35. The standard InChI is InChI=1S/C21H21N3OS2/c1-5-24-19(25)15(27-20(24)26)10-11-16-21(2,3)14-9-8-13-7-6-12-22-17(13)18(14)23(16)4/h6-12H,5H2,1-4H3/b15-10-,16-11-. The van der Waals surface area contributed by atoms with Gasteiger partial charge in [0.1, 0.15) is 4.32 Å². The molecule has 0 spiro atoms.